The minimum absolute atomic E-state index is 0.141. The molecular formula is C17H14FN3O4. The summed E-state index contributed by atoms with van der Waals surface area (Å²) in [5.41, 5.74) is -0.892. The largest absolute Gasteiger partial charge is 0.497 e. The molecule has 3 aromatic rings. The summed E-state index contributed by atoms with van der Waals surface area (Å²) in [5.74, 6) is -0.420. The Labute approximate surface area is 140 Å². The molecule has 0 fully saturated rings. The molecule has 1 aromatic heterocycles. The number of aromatic amines is 1. The monoisotopic (exact) mass is 343 g/mol. The van der Waals surface area contributed by atoms with E-state index in [1.54, 1.807) is 24.3 Å². The van der Waals surface area contributed by atoms with Crippen molar-refractivity contribution < 1.29 is 13.9 Å². The highest BCUT2D eigenvalue weighted by atomic mass is 19.1. The van der Waals surface area contributed by atoms with E-state index >= 15 is 0 Å². The highest BCUT2D eigenvalue weighted by Crippen LogP contribution is 2.15. The minimum atomic E-state index is -0.921. The van der Waals surface area contributed by atoms with Crippen LogP contribution in [0.15, 0.2) is 52.1 Å². The zero-order valence-corrected chi connectivity index (χ0v) is 13.2. The van der Waals surface area contributed by atoms with Crippen molar-refractivity contribution in [3.8, 4) is 5.75 Å². The molecule has 2 N–H and O–H groups in total. The van der Waals surface area contributed by atoms with Crippen molar-refractivity contribution in [2.45, 2.75) is 6.54 Å². The molecule has 0 bridgehead atoms. The number of amides is 1. The molecule has 2 aromatic carbocycles. The first-order chi connectivity index (χ1) is 12.0. The molecule has 0 saturated heterocycles. The van der Waals surface area contributed by atoms with Crippen LogP contribution in [0.5, 0.6) is 5.75 Å². The molecular weight excluding hydrogens is 329 g/mol. The molecule has 0 unspecified atom stereocenters. The number of rotatable bonds is 4. The van der Waals surface area contributed by atoms with Gasteiger partial charge in [0.1, 0.15) is 18.1 Å². The van der Waals surface area contributed by atoms with E-state index < -0.39 is 22.8 Å². The maximum atomic E-state index is 13.3. The van der Waals surface area contributed by atoms with Gasteiger partial charge in [0.05, 0.1) is 18.1 Å². The summed E-state index contributed by atoms with van der Waals surface area (Å²) >= 11 is 0. The van der Waals surface area contributed by atoms with Crippen molar-refractivity contribution in [2.24, 2.45) is 0 Å². The first-order valence-electron chi connectivity index (χ1n) is 7.34. The van der Waals surface area contributed by atoms with E-state index in [-0.39, 0.29) is 17.6 Å². The Balaban J connectivity index is 1.91. The van der Waals surface area contributed by atoms with Gasteiger partial charge in [-0.1, -0.05) is 0 Å². The summed E-state index contributed by atoms with van der Waals surface area (Å²) in [7, 11) is 1.53. The van der Waals surface area contributed by atoms with Gasteiger partial charge in [0.25, 0.3) is 0 Å². The van der Waals surface area contributed by atoms with E-state index in [9.17, 15) is 18.8 Å². The van der Waals surface area contributed by atoms with Crippen LogP contribution in [0.4, 0.5) is 10.1 Å². The SMILES string of the molecule is COc1ccc(NC(=O)Cn2c(=O)c(=O)[nH]c3cc(F)ccc32)cc1. The Morgan fingerprint density at radius 3 is 2.60 bits per heavy atom. The lowest BCUT2D eigenvalue weighted by Gasteiger charge is -2.10. The maximum absolute atomic E-state index is 13.3. The van der Waals surface area contributed by atoms with Crippen molar-refractivity contribution in [1.82, 2.24) is 9.55 Å². The molecule has 3 rings (SSSR count). The summed E-state index contributed by atoms with van der Waals surface area (Å²) in [6.45, 7) is -0.378. The van der Waals surface area contributed by atoms with Crippen LogP contribution in [0.1, 0.15) is 0 Å². The van der Waals surface area contributed by atoms with Gasteiger partial charge in [0, 0.05) is 5.69 Å². The van der Waals surface area contributed by atoms with Gasteiger partial charge in [-0.15, -0.1) is 0 Å². The van der Waals surface area contributed by atoms with Gasteiger partial charge in [-0.25, -0.2) is 4.39 Å². The fourth-order valence-corrected chi connectivity index (χ4v) is 2.43. The Morgan fingerprint density at radius 2 is 1.92 bits per heavy atom. The standard InChI is InChI=1S/C17H14FN3O4/c1-25-12-5-3-11(4-6-12)19-15(22)9-21-14-7-2-10(18)8-13(14)20-16(23)17(21)24/h2-8H,9H2,1H3,(H,19,22)(H,20,23). The van der Waals surface area contributed by atoms with Gasteiger partial charge in [-0.3, -0.25) is 19.0 Å². The van der Waals surface area contributed by atoms with Crippen LogP contribution in [-0.2, 0) is 11.3 Å². The summed E-state index contributed by atoms with van der Waals surface area (Å²) in [4.78, 5) is 38.3. The van der Waals surface area contributed by atoms with E-state index in [0.717, 1.165) is 16.7 Å². The van der Waals surface area contributed by atoms with Crippen LogP contribution in [0.2, 0.25) is 0 Å². The number of halogens is 1. The van der Waals surface area contributed by atoms with E-state index in [1.807, 2.05) is 0 Å². The van der Waals surface area contributed by atoms with E-state index in [4.69, 9.17) is 4.74 Å². The number of aromatic nitrogens is 2. The number of benzene rings is 2. The molecule has 0 saturated carbocycles. The molecule has 8 heteroatoms. The Hall–Kier alpha value is -3.42. The average molecular weight is 343 g/mol. The quantitative estimate of drug-likeness (QED) is 0.702. The number of carbonyl (C=O) groups excluding carboxylic acids is 1. The average Bonchev–Trinajstić information content (AvgIpc) is 2.59. The molecule has 0 aliphatic carbocycles. The number of nitrogens with one attached hydrogen (secondary N) is 2. The molecule has 1 amide bonds. The Morgan fingerprint density at radius 1 is 1.20 bits per heavy atom. The number of H-pyrrole nitrogens is 1. The molecule has 25 heavy (non-hydrogen) atoms. The van der Waals surface area contributed by atoms with E-state index in [0.29, 0.717) is 11.4 Å². The van der Waals surface area contributed by atoms with Crippen LogP contribution in [0.3, 0.4) is 0 Å². The number of fused-ring (bicyclic) bond motifs is 1. The number of hydrogen-bond donors (Lipinski definition) is 2. The molecule has 0 atom stereocenters. The number of anilines is 1. The third kappa shape index (κ3) is 3.42. The van der Waals surface area contributed by atoms with Crippen molar-refractivity contribution in [3.05, 3.63) is 69.0 Å². The molecule has 0 spiro atoms. The lowest BCUT2D eigenvalue weighted by molar-refractivity contribution is -0.116. The number of ether oxygens (including phenoxy) is 1. The van der Waals surface area contributed by atoms with Gasteiger partial charge in [-0.2, -0.15) is 0 Å². The second kappa shape index (κ2) is 6.60. The predicted octanol–water partition coefficient (Wildman–Crippen LogP) is 1.48. The van der Waals surface area contributed by atoms with Crippen molar-refractivity contribution in [3.63, 3.8) is 0 Å². The van der Waals surface area contributed by atoms with Crippen LogP contribution < -0.4 is 21.2 Å². The fourth-order valence-electron chi connectivity index (χ4n) is 2.43. The Kier molecular flexibility index (Phi) is 4.34. The van der Waals surface area contributed by atoms with Gasteiger partial charge in [0.15, 0.2) is 0 Å². The second-order valence-corrected chi connectivity index (χ2v) is 5.28. The fraction of sp³-hybridized carbons (Fsp3) is 0.118. The minimum Gasteiger partial charge on any atom is -0.497 e. The number of nitrogens with zero attached hydrogens (tertiary/aromatic N) is 1. The summed E-state index contributed by atoms with van der Waals surface area (Å²) < 4.78 is 19.3. The second-order valence-electron chi connectivity index (χ2n) is 5.28. The molecule has 128 valence electrons. The zero-order chi connectivity index (χ0) is 18.0. The summed E-state index contributed by atoms with van der Waals surface area (Å²) in [5, 5.41) is 2.62. The summed E-state index contributed by atoms with van der Waals surface area (Å²) in [6.07, 6.45) is 0. The van der Waals surface area contributed by atoms with Crippen molar-refractivity contribution >= 4 is 22.6 Å². The number of carbonyl (C=O) groups is 1. The topological polar surface area (TPSA) is 93.2 Å². The van der Waals surface area contributed by atoms with Crippen molar-refractivity contribution in [1.29, 1.82) is 0 Å². The maximum Gasteiger partial charge on any atom is 0.317 e. The van der Waals surface area contributed by atoms with Crippen LogP contribution in [0, 0.1) is 5.82 Å². The van der Waals surface area contributed by atoms with Crippen molar-refractivity contribution in [2.75, 3.05) is 12.4 Å². The number of methoxy groups -OCH3 is 1. The lowest BCUT2D eigenvalue weighted by Crippen LogP contribution is -2.38. The third-order valence-corrected chi connectivity index (χ3v) is 3.61. The van der Waals surface area contributed by atoms with Gasteiger partial charge >= 0.3 is 11.1 Å². The molecule has 0 aliphatic rings. The zero-order valence-electron chi connectivity index (χ0n) is 13.2. The molecule has 0 aliphatic heterocycles. The lowest BCUT2D eigenvalue weighted by atomic mass is 10.2. The smallest absolute Gasteiger partial charge is 0.317 e. The van der Waals surface area contributed by atoms with E-state index in [1.165, 1.54) is 13.2 Å². The predicted molar refractivity (Wildman–Crippen MR) is 90.4 cm³/mol. The summed E-state index contributed by atoms with van der Waals surface area (Å²) in [6, 6.07) is 10.2. The molecule has 0 radical (unpaired) electrons. The van der Waals surface area contributed by atoms with Gasteiger partial charge in [0.2, 0.25) is 5.91 Å². The van der Waals surface area contributed by atoms with Crippen LogP contribution >= 0.6 is 0 Å². The number of hydrogen-bond acceptors (Lipinski definition) is 4. The highest BCUT2D eigenvalue weighted by molar-refractivity contribution is 5.91. The van der Waals surface area contributed by atoms with Gasteiger partial charge in [-0.05, 0) is 42.5 Å². The molecule has 7 nitrogen and oxygen atoms in total. The normalized spacial score (nSPS) is 10.6. The Bertz CT molecular complexity index is 1050. The van der Waals surface area contributed by atoms with Crippen LogP contribution in [0.25, 0.3) is 11.0 Å². The highest BCUT2D eigenvalue weighted by Gasteiger charge is 2.12. The van der Waals surface area contributed by atoms with Gasteiger partial charge < -0.3 is 15.0 Å². The van der Waals surface area contributed by atoms with Crippen LogP contribution in [-0.4, -0.2) is 22.6 Å². The third-order valence-electron chi connectivity index (χ3n) is 3.61. The van der Waals surface area contributed by atoms with E-state index in [2.05, 4.69) is 10.3 Å². The first-order valence-corrected chi connectivity index (χ1v) is 7.34. The molecule has 1 heterocycles. The first kappa shape index (κ1) is 16.4.